The van der Waals surface area contributed by atoms with Crippen LogP contribution in [0.2, 0.25) is 0 Å². The predicted octanol–water partition coefficient (Wildman–Crippen LogP) is 2.57. The molecule has 3 heterocycles. The van der Waals surface area contributed by atoms with Gasteiger partial charge in [0, 0.05) is 31.2 Å². The van der Waals surface area contributed by atoms with E-state index in [4.69, 9.17) is 0 Å². The average molecular weight is 310 g/mol. The third kappa shape index (κ3) is 2.91. The minimum absolute atomic E-state index is 0.334. The Morgan fingerprint density at radius 2 is 2.22 bits per heavy atom. The molecule has 3 rings (SSSR count). The molecule has 120 valence electrons. The molecule has 1 unspecified atom stereocenters. The van der Waals surface area contributed by atoms with Crippen LogP contribution in [-0.4, -0.2) is 32.8 Å². The molecule has 1 fully saturated rings. The number of anilines is 1. The molecule has 0 saturated carbocycles. The van der Waals surface area contributed by atoms with Gasteiger partial charge in [-0.05, 0) is 45.2 Å². The van der Waals surface area contributed by atoms with Crippen LogP contribution in [0.25, 0.3) is 0 Å². The van der Waals surface area contributed by atoms with E-state index in [0.29, 0.717) is 11.5 Å². The van der Waals surface area contributed by atoms with Crippen molar-refractivity contribution in [1.82, 2.24) is 19.7 Å². The van der Waals surface area contributed by atoms with Crippen molar-refractivity contribution in [1.29, 1.82) is 5.26 Å². The Morgan fingerprint density at radius 3 is 2.96 bits per heavy atom. The first kappa shape index (κ1) is 15.5. The van der Waals surface area contributed by atoms with Gasteiger partial charge >= 0.3 is 0 Å². The molecule has 0 aliphatic carbocycles. The van der Waals surface area contributed by atoms with E-state index in [2.05, 4.69) is 37.6 Å². The van der Waals surface area contributed by atoms with Crippen molar-refractivity contribution in [2.75, 3.05) is 18.0 Å². The van der Waals surface area contributed by atoms with E-state index in [1.807, 2.05) is 19.9 Å². The first-order valence-corrected chi connectivity index (χ1v) is 8.15. The summed E-state index contributed by atoms with van der Waals surface area (Å²) in [5.74, 6) is 2.19. The first-order chi connectivity index (χ1) is 11.1. The smallest absolute Gasteiger partial charge is 0.147 e. The van der Waals surface area contributed by atoms with Gasteiger partial charge in [-0.25, -0.2) is 4.98 Å². The zero-order valence-electron chi connectivity index (χ0n) is 14.0. The van der Waals surface area contributed by atoms with Crippen molar-refractivity contribution >= 4 is 5.82 Å². The molecular weight excluding hydrogens is 288 g/mol. The Hall–Kier alpha value is -2.42. The molecule has 1 saturated heterocycles. The topological polar surface area (TPSA) is 70.6 Å². The van der Waals surface area contributed by atoms with Gasteiger partial charge in [0.25, 0.3) is 0 Å². The van der Waals surface area contributed by atoms with Gasteiger partial charge in [0.2, 0.25) is 0 Å². The number of pyridine rings is 1. The molecule has 0 N–H and O–H groups in total. The van der Waals surface area contributed by atoms with Crippen LogP contribution in [0.15, 0.2) is 12.4 Å². The number of nitriles is 1. The Kier molecular flexibility index (Phi) is 4.28. The highest BCUT2D eigenvalue weighted by molar-refractivity contribution is 5.58. The molecule has 0 aromatic carbocycles. The van der Waals surface area contributed by atoms with Gasteiger partial charge < -0.3 is 9.47 Å². The minimum atomic E-state index is 0.334. The van der Waals surface area contributed by atoms with Gasteiger partial charge in [-0.1, -0.05) is 0 Å². The zero-order valence-corrected chi connectivity index (χ0v) is 14.0. The maximum absolute atomic E-state index is 9.51. The fraction of sp³-hybridized carbons (Fsp3) is 0.529. The van der Waals surface area contributed by atoms with E-state index in [0.717, 1.165) is 55.4 Å². The van der Waals surface area contributed by atoms with Crippen LogP contribution in [0.1, 0.15) is 48.3 Å². The monoisotopic (exact) mass is 310 g/mol. The second kappa shape index (κ2) is 6.37. The molecule has 1 aliphatic rings. The highest BCUT2D eigenvalue weighted by Gasteiger charge is 2.27. The zero-order chi connectivity index (χ0) is 16.4. The van der Waals surface area contributed by atoms with Crippen LogP contribution in [0.5, 0.6) is 0 Å². The van der Waals surface area contributed by atoms with Crippen molar-refractivity contribution in [3.8, 4) is 6.07 Å². The molecule has 0 radical (unpaired) electrons. The molecular formula is C17H22N6. The quantitative estimate of drug-likeness (QED) is 0.871. The fourth-order valence-electron chi connectivity index (χ4n) is 3.39. The van der Waals surface area contributed by atoms with E-state index in [-0.39, 0.29) is 0 Å². The molecule has 0 bridgehead atoms. The van der Waals surface area contributed by atoms with Crippen LogP contribution < -0.4 is 4.90 Å². The van der Waals surface area contributed by atoms with Gasteiger partial charge in [-0.2, -0.15) is 5.26 Å². The maximum atomic E-state index is 9.51. The molecule has 2 aromatic heterocycles. The summed E-state index contributed by atoms with van der Waals surface area (Å²) >= 11 is 0. The summed E-state index contributed by atoms with van der Waals surface area (Å²) in [6, 6.07) is 4.29. The van der Waals surface area contributed by atoms with E-state index in [9.17, 15) is 5.26 Å². The van der Waals surface area contributed by atoms with Crippen LogP contribution in [-0.2, 0) is 6.54 Å². The third-order valence-electron chi connectivity index (χ3n) is 4.51. The third-order valence-corrected chi connectivity index (χ3v) is 4.51. The molecule has 6 heteroatoms. The summed E-state index contributed by atoms with van der Waals surface area (Å²) in [5.41, 5.74) is 2.64. The SMILES string of the molecule is CCn1cnnc1C1CCCN(c2nc(C)cc(C)c2C#N)C1. The second-order valence-electron chi connectivity index (χ2n) is 6.15. The molecule has 1 aliphatic heterocycles. The van der Waals surface area contributed by atoms with E-state index in [1.165, 1.54) is 0 Å². The average Bonchev–Trinajstić information content (AvgIpc) is 3.03. The van der Waals surface area contributed by atoms with E-state index in [1.54, 1.807) is 6.33 Å². The van der Waals surface area contributed by atoms with Gasteiger partial charge in [-0.3, -0.25) is 0 Å². The van der Waals surface area contributed by atoms with Gasteiger partial charge in [0.05, 0.1) is 5.56 Å². The van der Waals surface area contributed by atoms with Gasteiger partial charge in [0.1, 0.15) is 24.0 Å². The van der Waals surface area contributed by atoms with Crippen LogP contribution in [0, 0.1) is 25.2 Å². The fourth-order valence-corrected chi connectivity index (χ4v) is 3.39. The molecule has 0 amide bonds. The largest absolute Gasteiger partial charge is 0.355 e. The number of aryl methyl sites for hydroxylation is 3. The lowest BCUT2D eigenvalue weighted by Crippen LogP contribution is -2.36. The van der Waals surface area contributed by atoms with Crippen molar-refractivity contribution in [2.24, 2.45) is 0 Å². The lowest BCUT2D eigenvalue weighted by molar-refractivity contribution is 0.470. The highest BCUT2D eigenvalue weighted by Crippen LogP contribution is 2.30. The van der Waals surface area contributed by atoms with Crippen molar-refractivity contribution in [2.45, 2.75) is 46.1 Å². The number of hydrogen-bond acceptors (Lipinski definition) is 5. The minimum Gasteiger partial charge on any atom is -0.355 e. The normalized spacial score (nSPS) is 18.0. The van der Waals surface area contributed by atoms with Gasteiger partial charge in [-0.15, -0.1) is 10.2 Å². The van der Waals surface area contributed by atoms with Gasteiger partial charge in [0.15, 0.2) is 0 Å². The van der Waals surface area contributed by atoms with Crippen molar-refractivity contribution in [3.63, 3.8) is 0 Å². The lowest BCUT2D eigenvalue weighted by atomic mass is 9.96. The van der Waals surface area contributed by atoms with Crippen molar-refractivity contribution < 1.29 is 0 Å². The number of nitrogens with zero attached hydrogens (tertiary/aromatic N) is 6. The summed E-state index contributed by atoms with van der Waals surface area (Å²) in [4.78, 5) is 6.88. The summed E-state index contributed by atoms with van der Waals surface area (Å²) in [6.07, 6.45) is 3.96. The molecule has 1 atom stereocenters. The summed E-state index contributed by atoms with van der Waals surface area (Å²) in [7, 11) is 0. The van der Waals surface area contributed by atoms with Crippen molar-refractivity contribution in [3.05, 3.63) is 35.0 Å². The summed E-state index contributed by atoms with van der Waals surface area (Å²) in [6.45, 7) is 8.71. The Bertz CT molecular complexity index is 742. The molecule has 6 nitrogen and oxygen atoms in total. The van der Waals surface area contributed by atoms with Crippen LogP contribution in [0.3, 0.4) is 0 Å². The summed E-state index contributed by atoms with van der Waals surface area (Å²) < 4.78 is 2.11. The maximum Gasteiger partial charge on any atom is 0.147 e. The van der Waals surface area contributed by atoms with E-state index >= 15 is 0 Å². The first-order valence-electron chi connectivity index (χ1n) is 8.15. The number of aromatic nitrogens is 4. The molecule has 2 aromatic rings. The predicted molar refractivity (Wildman–Crippen MR) is 88.3 cm³/mol. The molecule has 0 spiro atoms. The second-order valence-corrected chi connectivity index (χ2v) is 6.15. The Labute approximate surface area is 136 Å². The number of hydrogen-bond donors (Lipinski definition) is 0. The van der Waals surface area contributed by atoms with E-state index < -0.39 is 0 Å². The molecule has 23 heavy (non-hydrogen) atoms. The highest BCUT2D eigenvalue weighted by atomic mass is 15.3. The van der Waals surface area contributed by atoms with Crippen LogP contribution in [0.4, 0.5) is 5.82 Å². The van der Waals surface area contributed by atoms with Crippen LogP contribution >= 0.6 is 0 Å². The summed E-state index contributed by atoms with van der Waals surface area (Å²) in [5, 5.41) is 17.9. The number of piperidine rings is 1. The lowest BCUT2D eigenvalue weighted by Gasteiger charge is -2.34. The standard InChI is InChI=1S/C17H22N6/c1-4-22-11-19-21-16(22)14-6-5-7-23(10-14)17-15(9-18)12(2)8-13(3)20-17/h8,11,14H,4-7,10H2,1-3H3. The Morgan fingerprint density at radius 1 is 1.39 bits per heavy atom. The Balaban J connectivity index is 1.92. The number of rotatable bonds is 3.